The van der Waals surface area contributed by atoms with Gasteiger partial charge in [-0.25, -0.2) is 34.2 Å². The van der Waals surface area contributed by atoms with Gasteiger partial charge in [-0.2, -0.15) is 0 Å². The molecule has 8 rings (SSSR count). The average molecular weight is 913 g/mol. The van der Waals surface area contributed by atoms with E-state index in [2.05, 4.69) is 34.2 Å². The number of nitrogen functional groups attached to an aromatic ring is 2. The zero-order valence-electron chi connectivity index (χ0n) is 31.4. The number of nitrogens with zero attached hydrogens (tertiary/aromatic N) is 8. The van der Waals surface area contributed by atoms with Crippen molar-refractivity contribution in [2.24, 2.45) is 0 Å². The van der Waals surface area contributed by atoms with Gasteiger partial charge in [0.2, 0.25) is 0 Å². The average Bonchev–Trinajstić information content (AvgIpc) is 3.93. The molecule has 0 saturated carbocycles. The van der Waals surface area contributed by atoms with Gasteiger partial charge < -0.3 is 68.5 Å². The lowest BCUT2D eigenvalue weighted by molar-refractivity contribution is -0.199. The smallest absolute Gasteiger partial charge is 0.347 e. The molecule has 4 aliphatic heterocycles. The van der Waals surface area contributed by atoms with Crippen molar-refractivity contribution in [1.82, 2.24) is 39.0 Å². The number of anilines is 2. The molecule has 4 aromatic heterocycles. The molecule has 8 N–H and O–H groups in total. The van der Waals surface area contributed by atoms with Crippen molar-refractivity contribution in [2.75, 3.05) is 36.5 Å². The minimum absolute atomic E-state index is 0.110. The minimum atomic E-state index is -5.50. The molecule has 8 heterocycles. The highest BCUT2D eigenvalue weighted by Gasteiger charge is 2.58. The lowest BCUT2D eigenvalue weighted by Gasteiger charge is -2.25. The molecule has 12 atom stereocenters. The van der Waals surface area contributed by atoms with Gasteiger partial charge in [0.1, 0.15) is 60.3 Å². The number of hydrogen-bond donors (Lipinski definition) is 6. The fraction of sp³-hybridized carbons (Fsp3) is 0.643. The van der Waals surface area contributed by atoms with Crippen LogP contribution >= 0.6 is 30.4 Å². The van der Waals surface area contributed by atoms with Crippen molar-refractivity contribution in [2.45, 2.75) is 88.3 Å². The van der Waals surface area contributed by atoms with Crippen LogP contribution in [0.2, 0.25) is 0 Å². The van der Waals surface area contributed by atoms with Crippen molar-refractivity contribution in [3.63, 3.8) is 0 Å². The molecule has 0 radical (unpaired) electrons. The van der Waals surface area contributed by atoms with E-state index >= 15 is 0 Å². The standard InChI is InChI=1S/C28H40N10O17P4/c1-27(2)51-17-13(49-25(19(17)53-27)37-9-35-15-21(29)31-7-33-23(15)37)5-47-56(39,40)11-58(43,44)55-59(45,46)12-57(41,42)48-6-14-18-20(54-28(3,4)52-18)26(50-14)38-10-36-16-22(30)32-8-34-24(16)38/h7-10,13-14,17-20,25-26H,5-6,11-12H2,1-4H3,(H,39,40)(H,41,42)(H,43,44)(H,45,46)(H2,29,31,33)(H2,30,32,34)/t13-,14-,17-,18-,19-,20-,25-,26-/m1/s1. The molecule has 0 spiro atoms. The number of nitrogens with two attached hydrogens (primary N) is 2. The first-order chi connectivity index (χ1) is 27.4. The molecular formula is C28H40N10O17P4. The van der Waals surface area contributed by atoms with E-state index in [-0.39, 0.29) is 22.7 Å². The van der Waals surface area contributed by atoms with Gasteiger partial charge in [-0.3, -0.25) is 27.4 Å². The second-order valence-electron chi connectivity index (χ2n) is 14.9. The largest absolute Gasteiger partial charge is 0.382 e. The van der Waals surface area contributed by atoms with Gasteiger partial charge in [0.15, 0.2) is 58.8 Å². The lowest BCUT2D eigenvalue weighted by Crippen LogP contribution is -2.32. The molecule has 31 heteroatoms. The van der Waals surface area contributed by atoms with E-state index in [4.69, 9.17) is 48.9 Å². The van der Waals surface area contributed by atoms with Crippen LogP contribution < -0.4 is 11.5 Å². The third kappa shape index (κ3) is 8.77. The monoisotopic (exact) mass is 912 g/mol. The van der Waals surface area contributed by atoms with Crippen LogP contribution in [0.25, 0.3) is 22.3 Å². The van der Waals surface area contributed by atoms with Crippen molar-refractivity contribution in [3.8, 4) is 0 Å². The number of hydrogen-bond acceptors (Lipinski definition) is 21. The summed E-state index contributed by atoms with van der Waals surface area (Å²) in [6.07, 6.45) is -2.25. The lowest BCUT2D eigenvalue weighted by atomic mass is 10.1. The predicted octanol–water partition coefficient (Wildman–Crippen LogP) is 1.37. The maximum Gasteiger partial charge on any atom is 0.347 e. The molecule has 0 aliphatic carbocycles. The summed E-state index contributed by atoms with van der Waals surface area (Å²) in [7, 11) is -21.2. The van der Waals surface area contributed by atoms with E-state index < -0.39 is 116 Å². The van der Waals surface area contributed by atoms with Crippen molar-refractivity contribution in [1.29, 1.82) is 0 Å². The van der Waals surface area contributed by atoms with Crippen LogP contribution in [0.15, 0.2) is 25.3 Å². The second kappa shape index (κ2) is 14.9. The van der Waals surface area contributed by atoms with Gasteiger partial charge in [-0.15, -0.1) is 0 Å². The normalized spacial score (nSPS) is 32.7. The van der Waals surface area contributed by atoms with Gasteiger partial charge in [-0.1, -0.05) is 0 Å². The van der Waals surface area contributed by atoms with Crippen LogP contribution in [0.4, 0.5) is 11.6 Å². The summed E-state index contributed by atoms with van der Waals surface area (Å²) in [6, 6.07) is 0. The van der Waals surface area contributed by atoms with Crippen molar-refractivity contribution >= 4 is 64.3 Å². The fourth-order valence-electron chi connectivity index (χ4n) is 7.31. The Morgan fingerprint density at radius 2 is 0.983 bits per heavy atom. The molecule has 4 unspecified atom stereocenters. The number of fused-ring (bicyclic) bond motifs is 4. The Morgan fingerprint density at radius 1 is 0.610 bits per heavy atom. The van der Waals surface area contributed by atoms with Crippen LogP contribution in [0.5, 0.6) is 0 Å². The van der Waals surface area contributed by atoms with Crippen LogP contribution in [0.1, 0.15) is 40.2 Å². The maximum absolute atomic E-state index is 13.1. The first-order valence-electron chi connectivity index (χ1n) is 17.6. The number of ether oxygens (including phenoxy) is 6. The van der Waals surface area contributed by atoms with Gasteiger partial charge in [0.25, 0.3) is 0 Å². The SMILES string of the molecule is CC1(C)O[C@@H]2[C@H](O1)[C@@H](COP(=O)(O)CP(=O)(O)OP(=O)(O)CP(=O)(O)OC[C@H]1O[C@@H](n3cnc4c(N)ncnc43)[C@@H]3OC(C)(C)O[C@@H]31)O[C@H]2n1cnc2c(N)ncnc21. The summed E-state index contributed by atoms with van der Waals surface area (Å²) in [5.41, 5.74) is 13.0. The van der Waals surface area contributed by atoms with Crippen LogP contribution in [-0.2, 0) is 60.0 Å². The van der Waals surface area contributed by atoms with Gasteiger partial charge in [0.05, 0.1) is 25.9 Å². The molecule has 0 aromatic carbocycles. The second-order valence-corrected chi connectivity index (χ2v) is 23.5. The van der Waals surface area contributed by atoms with Crippen molar-refractivity contribution < 1.29 is 79.6 Å². The first-order valence-corrected chi connectivity index (χ1v) is 24.6. The third-order valence-electron chi connectivity index (χ3n) is 9.42. The van der Waals surface area contributed by atoms with E-state index in [1.165, 1.54) is 34.4 Å². The highest BCUT2D eigenvalue weighted by Crippen LogP contribution is 2.69. The molecule has 4 saturated heterocycles. The molecule has 0 bridgehead atoms. The predicted molar refractivity (Wildman–Crippen MR) is 197 cm³/mol. The Hall–Kier alpha value is -2.90. The van der Waals surface area contributed by atoms with E-state index in [9.17, 15) is 37.8 Å². The molecular weight excluding hydrogens is 872 g/mol. The van der Waals surface area contributed by atoms with Gasteiger partial charge >= 0.3 is 30.4 Å². The number of rotatable bonds is 14. The zero-order valence-corrected chi connectivity index (χ0v) is 35.0. The van der Waals surface area contributed by atoms with Crippen LogP contribution in [-0.4, -0.2) is 132 Å². The Kier molecular flexibility index (Phi) is 10.8. The maximum atomic E-state index is 13.1. The molecule has 4 aliphatic rings. The first kappa shape index (κ1) is 42.8. The summed E-state index contributed by atoms with van der Waals surface area (Å²) in [5, 5.41) is 0. The fourth-order valence-corrected chi connectivity index (χ4v) is 15.3. The number of imidazole rings is 2. The molecule has 27 nitrogen and oxygen atoms in total. The van der Waals surface area contributed by atoms with E-state index in [1.807, 2.05) is 0 Å². The zero-order chi connectivity index (χ0) is 42.5. The van der Waals surface area contributed by atoms with E-state index in [1.54, 1.807) is 27.7 Å². The molecule has 59 heavy (non-hydrogen) atoms. The van der Waals surface area contributed by atoms with Gasteiger partial charge in [0, 0.05) is 0 Å². The highest BCUT2D eigenvalue weighted by atomic mass is 31.3. The molecule has 324 valence electrons. The van der Waals surface area contributed by atoms with Crippen LogP contribution in [0, 0.1) is 0 Å². The Bertz CT molecular complexity index is 2310. The quantitative estimate of drug-likeness (QED) is 0.0973. The summed E-state index contributed by atoms with van der Waals surface area (Å²) in [6.45, 7) is 5.16. The minimum Gasteiger partial charge on any atom is -0.382 e. The third-order valence-corrected chi connectivity index (χ3v) is 18.3. The highest BCUT2D eigenvalue weighted by molar-refractivity contribution is 7.78. The van der Waals surface area contributed by atoms with E-state index in [0.717, 1.165) is 0 Å². The van der Waals surface area contributed by atoms with E-state index in [0.29, 0.717) is 11.3 Å². The summed E-state index contributed by atoms with van der Waals surface area (Å²) in [5.74, 6) is -5.41. The molecule has 4 fully saturated rings. The Morgan fingerprint density at radius 3 is 1.37 bits per heavy atom. The summed E-state index contributed by atoms with van der Waals surface area (Å²) < 4.78 is 106. The summed E-state index contributed by atoms with van der Waals surface area (Å²) in [4.78, 5) is 66.7. The Labute approximate surface area is 332 Å². The van der Waals surface area contributed by atoms with Crippen LogP contribution in [0.3, 0.4) is 0 Å². The molecule has 4 aromatic rings. The topological polar surface area (TPSA) is 372 Å². The number of aromatic nitrogens is 8. The van der Waals surface area contributed by atoms with Gasteiger partial charge in [-0.05, 0) is 27.7 Å². The van der Waals surface area contributed by atoms with Crippen molar-refractivity contribution in [3.05, 3.63) is 25.3 Å². The molecule has 0 amide bonds. The Balaban J connectivity index is 0.880. The summed E-state index contributed by atoms with van der Waals surface area (Å²) >= 11 is 0.